The Labute approximate surface area is 123 Å². The highest BCUT2D eigenvalue weighted by atomic mass is 32.2. The highest BCUT2D eigenvalue weighted by molar-refractivity contribution is 7.92. The first kappa shape index (κ1) is 15.9. The molecule has 1 aromatic carbocycles. The standard InChI is InChI=1S/C15H19FO4S/c1-2-10-4-3-5-11(8-10)21(19,20)12-6-7-14(16)13(9-12)15(17)18/h6-7,9-11H,2-5,8H2,1H3,(H,17,18). The number of aromatic carboxylic acids is 1. The van der Waals surface area contributed by atoms with Crippen molar-refractivity contribution in [2.24, 2.45) is 5.92 Å². The van der Waals surface area contributed by atoms with Crippen LogP contribution in [0.1, 0.15) is 49.4 Å². The molecular formula is C15H19FO4S. The van der Waals surface area contributed by atoms with Crippen molar-refractivity contribution in [3.05, 3.63) is 29.6 Å². The minimum Gasteiger partial charge on any atom is -0.478 e. The number of carbonyl (C=O) groups is 1. The van der Waals surface area contributed by atoms with Gasteiger partial charge in [0.1, 0.15) is 5.82 Å². The van der Waals surface area contributed by atoms with Gasteiger partial charge in [0.2, 0.25) is 0 Å². The zero-order valence-electron chi connectivity index (χ0n) is 11.9. The maximum absolute atomic E-state index is 13.4. The van der Waals surface area contributed by atoms with Gasteiger partial charge in [0.15, 0.2) is 9.84 Å². The summed E-state index contributed by atoms with van der Waals surface area (Å²) in [5.74, 6) is -1.99. The minimum absolute atomic E-state index is 0.0944. The van der Waals surface area contributed by atoms with Crippen molar-refractivity contribution in [1.82, 2.24) is 0 Å². The molecule has 0 amide bonds. The van der Waals surface area contributed by atoms with E-state index in [1.807, 2.05) is 6.92 Å². The molecule has 1 N–H and O–H groups in total. The van der Waals surface area contributed by atoms with E-state index in [0.29, 0.717) is 18.8 Å². The molecule has 1 fully saturated rings. The fourth-order valence-electron chi connectivity index (χ4n) is 2.93. The predicted octanol–water partition coefficient (Wildman–Crippen LogP) is 3.27. The molecule has 2 rings (SSSR count). The third kappa shape index (κ3) is 3.26. The van der Waals surface area contributed by atoms with Gasteiger partial charge in [-0.2, -0.15) is 0 Å². The number of rotatable bonds is 4. The molecule has 0 aromatic heterocycles. The maximum Gasteiger partial charge on any atom is 0.338 e. The van der Waals surface area contributed by atoms with Crippen LogP contribution in [0.5, 0.6) is 0 Å². The van der Waals surface area contributed by atoms with Crippen LogP contribution < -0.4 is 0 Å². The summed E-state index contributed by atoms with van der Waals surface area (Å²) in [6.07, 6.45) is 4.01. The summed E-state index contributed by atoms with van der Waals surface area (Å²) in [5.41, 5.74) is -0.598. The summed E-state index contributed by atoms with van der Waals surface area (Å²) in [7, 11) is -3.61. The molecule has 0 saturated heterocycles. The van der Waals surface area contributed by atoms with Gasteiger partial charge < -0.3 is 5.11 Å². The first-order valence-corrected chi connectivity index (χ1v) is 8.67. The summed E-state index contributed by atoms with van der Waals surface area (Å²) in [6.45, 7) is 2.04. The van der Waals surface area contributed by atoms with Crippen LogP contribution in [0.25, 0.3) is 0 Å². The molecule has 4 nitrogen and oxygen atoms in total. The Kier molecular flexibility index (Phi) is 4.66. The molecule has 1 aromatic rings. The molecule has 116 valence electrons. The highest BCUT2D eigenvalue weighted by Gasteiger charge is 2.33. The molecule has 21 heavy (non-hydrogen) atoms. The lowest BCUT2D eigenvalue weighted by molar-refractivity contribution is 0.0691. The van der Waals surface area contributed by atoms with Crippen molar-refractivity contribution >= 4 is 15.8 Å². The molecule has 0 bridgehead atoms. The zero-order chi connectivity index (χ0) is 15.6. The highest BCUT2D eigenvalue weighted by Crippen LogP contribution is 2.33. The van der Waals surface area contributed by atoms with Gasteiger partial charge in [0.05, 0.1) is 15.7 Å². The summed E-state index contributed by atoms with van der Waals surface area (Å²) in [6, 6.07) is 3.01. The van der Waals surface area contributed by atoms with E-state index in [1.54, 1.807) is 0 Å². The lowest BCUT2D eigenvalue weighted by atomic mass is 9.87. The van der Waals surface area contributed by atoms with Gasteiger partial charge in [-0.15, -0.1) is 0 Å². The average molecular weight is 314 g/mol. The Morgan fingerprint density at radius 3 is 2.71 bits per heavy atom. The molecule has 2 unspecified atom stereocenters. The maximum atomic E-state index is 13.4. The molecule has 1 aliphatic carbocycles. The van der Waals surface area contributed by atoms with Crippen molar-refractivity contribution in [2.45, 2.75) is 49.2 Å². The monoisotopic (exact) mass is 314 g/mol. The molecule has 0 spiro atoms. The third-order valence-corrected chi connectivity index (χ3v) is 6.46. The molecule has 1 aliphatic rings. The Morgan fingerprint density at radius 1 is 1.38 bits per heavy atom. The SMILES string of the molecule is CCC1CCCC(S(=O)(=O)c2ccc(F)c(C(=O)O)c2)C1. The molecule has 6 heteroatoms. The number of hydrogen-bond acceptors (Lipinski definition) is 3. The van der Waals surface area contributed by atoms with Crippen molar-refractivity contribution < 1.29 is 22.7 Å². The number of halogens is 1. The Hall–Kier alpha value is -1.43. The summed E-state index contributed by atoms with van der Waals surface area (Å²) in [5, 5.41) is 8.41. The second-order valence-electron chi connectivity index (χ2n) is 5.55. The van der Waals surface area contributed by atoms with E-state index < -0.39 is 32.4 Å². The van der Waals surface area contributed by atoms with E-state index >= 15 is 0 Å². The Bertz CT molecular complexity index is 639. The predicted molar refractivity (Wildman–Crippen MR) is 76.6 cm³/mol. The number of benzene rings is 1. The summed E-state index contributed by atoms with van der Waals surface area (Å²) >= 11 is 0. The first-order valence-electron chi connectivity index (χ1n) is 7.13. The molecule has 2 atom stereocenters. The van der Waals surface area contributed by atoms with E-state index in [-0.39, 0.29) is 4.90 Å². The van der Waals surface area contributed by atoms with Crippen LogP contribution in [-0.4, -0.2) is 24.7 Å². The quantitative estimate of drug-likeness (QED) is 0.866. The smallest absolute Gasteiger partial charge is 0.338 e. The van der Waals surface area contributed by atoms with Gasteiger partial charge in [-0.1, -0.05) is 26.2 Å². The van der Waals surface area contributed by atoms with E-state index in [1.165, 1.54) is 0 Å². The summed E-state index contributed by atoms with van der Waals surface area (Å²) in [4.78, 5) is 10.8. The van der Waals surface area contributed by atoms with Crippen molar-refractivity contribution in [3.63, 3.8) is 0 Å². The van der Waals surface area contributed by atoms with Gasteiger partial charge >= 0.3 is 5.97 Å². The largest absolute Gasteiger partial charge is 0.478 e. The molecular weight excluding hydrogens is 295 g/mol. The van der Waals surface area contributed by atoms with Crippen molar-refractivity contribution in [3.8, 4) is 0 Å². The van der Waals surface area contributed by atoms with E-state index in [0.717, 1.165) is 37.5 Å². The van der Waals surface area contributed by atoms with Crippen LogP contribution >= 0.6 is 0 Å². The van der Waals surface area contributed by atoms with Gasteiger partial charge in [-0.25, -0.2) is 17.6 Å². The van der Waals surface area contributed by atoms with Crippen LogP contribution in [0.2, 0.25) is 0 Å². The fourth-order valence-corrected chi connectivity index (χ4v) is 4.86. The topological polar surface area (TPSA) is 71.4 Å². The second-order valence-corrected chi connectivity index (χ2v) is 7.78. The van der Waals surface area contributed by atoms with Crippen LogP contribution in [0.4, 0.5) is 4.39 Å². The zero-order valence-corrected chi connectivity index (χ0v) is 12.7. The van der Waals surface area contributed by atoms with Gasteiger partial charge in [-0.05, 0) is 37.0 Å². The second kappa shape index (κ2) is 6.13. The molecule has 0 radical (unpaired) electrons. The van der Waals surface area contributed by atoms with Crippen LogP contribution in [0, 0.1) is 11.7 Å². The van der Waals surface area contributed by atoms with Crippen molar-refractivity contribution in [2.75, 3.05) is 0 Å². The number of sulfone groups is 1. The molecule has 1 saturated carbocycles. The van der Waals surface area contributed by atoms with Crippen LogP contribution in [-0.2, 0) is 9.84 Å². The normalized spacial score (nSPS) is 23.0. The third-order valence-electron chi connectivity index (χ3n) is 4.25. The lowest BCUT2D eigenvalue weighted by Gasteiger charge is -2.28. The minimum atomic E-state index is -3.61. The number of carboxylic acids is 1. The lowest BCUT2D eigenvalue weighted by Crippen LogP contribution is -2.28. The Morgan fingerprint density at radius 2 is 2.10 bits per heavy atom. The molecule has 0 heterocycles. The van der Waals surface area contributed by atoms with E-state index in [4.69, 9.17) is 5.11 Å². The molecule has 0 aliphatic heterocycles. The number of hydrogen-bond donors (Lipinski definition) is 1. The van der Waals surface area contributed by atoms with E-state index in [9.17, 15) is 17.6 Å². The van der Waals surface area contributed by atoms with Crippen LogP contribution in [0.15, 0.2) is 23.1 Å². The summed E-state index contributed by atoms with van der Waals surface area (Å²) < 4.78 is 38.6. The van der Waals surface area contributed by atoms with Gasteiger partial charge in [-0.3, -0.25) is 0 Å². The first-order chi connectivity index (χ1) is 9.86. The van der Waals surface area contributed by atoms with Gasteiger partial charge in [0, 0.05) is 0 Å². The Balaban J connectivity index is 2.35. The number of carboxylic acid groups (broad SMARTS) is 1. The average Bonchev–Trinajstić information content (AvgIpc) is 2.47. The van der Waals surface area contributed by atoms with E-state index in [2.05, 4.69) is 0 Å². The van der Waals surface area contributed by atoms with Crippen LogP contribution in [0.3, 0.4) is 0 Å². The van der Waals surface area contributed by atoms with Gasteiger partial charge in [0.25, 0.3) is 0 Å². The fraction of sp³-hybridized carbons (Fsp3) is 0.533. The van der Waals surface area contributed by atoms with Crippen molar-refractivity contribution in [1.29, 1.82) is 0 Å².